The summed E-state index contributed by atoms with van der Waals surface area (Å²) in [5, 5.41) is 4.83. The summed E-state index contributed by atoms with van der Waals surface area (Å²) in [7, 11) is -0.716. The number of ether oxygens (including phenoxy) is 1. The molecular weight excluding hydrogens is 632 g/mol. The van der Waals surface area contributed by atoms with Crippen LogP contribution in [-0.4, -0.2) is 68.6 Å². The fraction of sp³-hybridized carbons (Fsp3) is 0.364. The first-order chi connectivity index (χ1) is 22.1. The Labute approximate surface area is 273 Å². The molecule has 1 saturated heterocycles. The number of sulfone groups is 1. The van der Waals surface area contributed by atoms with Crippen LogP contribution in [0.2, 0.25) is 0 Å². The van der Waals surface area contributed by atoms with E-state index in [9.17, 15) is 27.2 Å². The maximum Gasteiger partial charge on any atom is 0.321 e. The van der Waals surface area contributed by atoms with Crippen molar-refractivity contribution in [2.24, 2.45) is 5.73 Å². The number of nitrogens with one attached hydrogen (secondary N) is 2. The molecule has 11 nitrogen and oxygen atoms in total. The summed E-state index contributed by atoms with van der Waals surface area (Å²) in [4.78, 5) is 41.7. The maximum atomic E-state index is 15.1. The Hall–Kier alpha value is -4.72. The van der Waals surface area contributed by atoms with Gasteiger partial charge in [0.05, 0.1) is 28.5 Å². The molecule has 0 radical (unpaired) electrons. The average Bonchev–Trinajstić information content (AvgIpc) is 3.51. The van der Waals surface area contributed by atoms with E-state index in [1.807, 2.05) is 0 Å². The number of hydrogen-bond donors (Lipinski definition) is 3. The van der Waals surface area contributed by atoms with Gasteiger partial charge in [-0.3, -0.25) is 9.59 Å². The predicted molar refractivity (Wildman–Crippen MR) is 174 cm³/mol. The normalized spacial score (nSPS) is 15.3. The Morgan fingerprint density at radius 3 is 2.38 bits per heavy atom. The van der Waals surface area contributed by atoms with Crippen molar-refractivity contribution in [2.45, 2.75) is 55.8 Å². The molecule has 1 aliphatic rings. The fourth-order valence-electron chi connectivity index (χ4n) is 5.35. The van der Waals surface area contributed by atoms with E-state index in [-0.39, 0.29) is 40.6 Å². The van der Waals surface area contributed by atoms with Gasteiger partial charge in [-0.2, -0.15) is 0 Å². The highest BCUT2D eigenvalue weighted by molar-refractivity contribution is 7.92. The Balaban J connectivity index is 1.85. The molecule has 0 saturated carbocycles. The highest BCUT2D eigenvalue weighted by Crippen LogP contribution is 2.40. The number of urea groups is 1. The quantitative estimate of drug-likeness (QED) is 0.252. The van der Waals surface area contributed by atoms with Gasteiger partial charge in [0.2, 0.25) is 11.8 Å². The van der Waals surface area contributed by atoms with Crippen LogP contribution in [-0.2, 0) is 14.6 Å². The highest BCUT2D eigenvalue weighted by atomic mass is 32.2. The second-order valence-corrected chi connectivity index (χ2v) is 14.1. The summed E-state index contributed by atoms with van der Waals surface area (Å²) < 4.78 is 62.2. The summed E-state index contributed by atoms with van der Waals surface area (Å²) in [6.45, 7) is 5.14. The lowest BCUT2D eigenvalue weighted by atomic mass is 10.0. The van der Waals surface area contributed by atoms with Crippen molar-refractivity contribution in [3.63, 3.8) is 0 Å². The summed E-state index contributed by atoms with van der Waals surface area (Å²) in [6.07, 6.45) is 0.904. The lowest BCUT2D eigenvalue weighted by Gasteiger charge is -2.32. The molecule has 3 aromatic rings. The summed E-state index contributed by atoms with van der Waals surface area (Å²) in [5.74, 6) is -2.93. The molecule has 14 heteroatoms. The smallest absolute Gasteiger partial charge is 0.321 e. The number of anilines is 2. The molecule has 1 aliphatic heterocycles. The van der Waals surface area contributed by atoms with Gasteiger partial charge in [0.25, 0.3) is 0 Å². The SMILES string of the molecule is CCOc1cc([C@H](Nc2cc(C(N)=O)ccc2F)C(=O)N2CCC[C@@H]2c2cc(NC(=O)N(C)C)ccc2S(=O)(=O)C(C)C)ccc1F. The molecule has 1 heterocycles. The van der Waals surface area contributed by atoms with Gasteiger partial charge in [-0.1, -0.05) is 6.07 Å². The molecule has 4 amide bonds. The van der Waals surface area contributed by atoms with E-state index >= 15 is 4.39 Å². The lowest BCUT2D eigenvalue weighted by molar-refractivity contribution is -0.133. The van der Waals surface area contributed by atoms with Gasteiger partial charge in [-0.15, -0.1) is 0 Å². The van der Waals surface area contributed by atoms with Gasteiger partial charge < -0.3 is 30.9 Å². The molecule has 0 aliphatic carbocycles. The molecular formula is C33H39F2N5O6S. The zero-order chi connectivity index (χ0) is 34.6. The number of hydrogen-bond acceptors (Lipinski definition) is 7. The van der Waals surface area contributed by atoms with Crippen LogP contribution in [0, 0.1) is 11.6 Å². The first kappa shape index (κ1) is 35.1. The number of carbonyl (C=O) groups excluding carboxylic acids is 3. The Bertz CT molecular complexity index is 1780. The second kappa shape index (κ2) is 14.4. The molecule has 0 unspecified atom stereocenters. The topological polar surface area (TPSA) is 151 Å². The molecule has 1 fully saturated rings. The van der Waals surface area contributed by atoms with Gasteiger partial charge in [0, 0.05) is 31.9 Å². The number of carbonyl (C=O) groups is 3. The first-order valence-electron chi connectivity index (χ1n) is 15.1. The second-order valence-electron chi connectivity index (χ2n) is 11.6. The standard InChI is InChI=1S/C33H39F2N5O6S/c1-6-46-28-17-20(9-13-25(28)35)30(38-26-16-21(31(36)41)10-12-24(26)34)32(42)40-15-7-8-27(40)23-18-22(37-33(43)39(4)5)11-14-29(23)47(44,45)19(2)3/h9-14,16-19,27,30,38H,6-8,15H2,1-5H3,(H2,36,41)(H,37,43)/t27-,30+/m1/s1. The number of nitrogens with two attached hydrogens (primary N) is 1. The van der Waals surface area contributed by atoms with E-state index in [2.05, 4.69) is 10.6 Å². The van der Waals surface area contributed by atoms with E-state index in [4.69, 9.17) is 10.5 Å². The minimum atomic E-state index is -3.84. The van der Waals surface area contributed by atoms with Crippen LogP contribution in [0.25, 0.3) is 0 Å². The fourth-order valence-corrected chi connectivity index (χ4v) is 6.64. The van der Waals surface area contributed by atoms with Crippen LogP contribution >= 0.6 is 0 Å². The van der Waals surface area contributed by atoms with Crippen molar-refractivity contribution in [2.75, 3.05) is 37.9 Å². The van der Waals surface area contributed by atoms with Crippen molar-refractivity contribution in [1.29, 1.82) is 0 Å². The summed E-state index contributed by atoms with van der Waals surface area (Å²) >= 11 is 0. The third-order valence-corrected chi connectivity index (χ3v) is 10.1. The number of likely N-dealkylation sites (tertiary alicyclic amines) is 1. The van der Waals surface area contributed by atoms with Gasteiger partial charge in [-0.25, -0.2) is 22.0 Å². The lowest BCUT2D eigenvalue weighted by Crippen LogP contribution is -2.38. The zero-order valence-electron chi connectivity index (χ0n) is 26.8. The minimum Gasteiger partial charge on any atom is -0.491 e. The van der Waals surface area contributed by atoms with E-state index in [0.29, 0.717) is 24.1 Å². The molecule has 3 aromatic carbocycles. The molecule has 2 atom stereocenters. The Kier molecular flexibility index (Phi) is 10.7. The maximum absolute atomic E-state index is 15.1. The number of halogens is 2. The molecule has 0 spiro atoms. The Morgan fingerprint density at radius 1 is 1.04 bits per heavy atom. The number of nitrogens with zero attached hydrogens (tertiary/aromatic N) is 2. The first-order valence-corrected chi connectivity index (χ1v) is 16.6. The molecule has 4 rings (SSSR count). The molecule has 252 valence electrons. The number of amides is 4. The average molecular weight is 672 g/mol. The predicted octanol–water partition coefficient (Wildman–Crippen LogP) is 5.25. The molecule has 0 bridgehead atoms. The largest absolute Gasteiger partial charge is 0.491 e. The van der Waals surface area contributed by atoms with E-state index in [1.165, 1.54) is 46.2 Å². The summed E-state index contributed by atoms with van der Waals surface area (Å²) in [5.41, 5.74) is 6.09. The van der Waals surface area contributed by atoms with Crippen molar-refractivity contribution in [3.05, 3.63) is 82.9 Å². The van der Waals surface area contributed by atoms with Gasteiger partial charge in [0.15, 0.2) is 21.4 Å². The molecule has 0 aromatic heterocycles. The third kappa shape index (κ3) is 7.64. The van der Waals surface area contributed by atoms with Crippen LogP contribution in [0.5, 0.6) is 5.75 Å². The van der Waals surface area contributed by atoms with Crippen molar-refractivity contribution in [1.82, 2.24) is 9.80 Å². The van der Waals surface area contributed by atoms with Crippen molar-refractivity contribution >= 4 is 39.1 Å². The van der Waals surface area contributed by atoms with Crippen LogP contribution in [0.1, 0.15) is 67.2 Å². The minimum absolute atomic E-state index is 0.00613. The van der Waals surface area contributed by atoms with Crippen LogP contribution in [0.4, 0.5) is 25.0 Å². The van der Waals surface area contributed by atoms with Crippen LogP contribution < -0.4 is 21.1 Å². The highest BCUT2D eigenvalue weighted by Gasteiger charge is 2.38. The summed E-state index contributed by atoms with van der Waals surface area (Å²) in [6, 6.07) is 9.21. The van der Waals surface area contributed by atoms with Crippen molar-refractivity contribution < 1.29 is 36.3 Å². The Morgan fingerprint density at radius 2 is 1.74 bits per heavy atom. The van der Waals surface area contributed by atoms with Crippen LogP contribution in [0.15, 0.2) is 59.5 Å². The van der Waals surface area contributed by atoms with Gasteiger partial charge in [0.1, 0.15) is 11.9 Å². The van der Waals surface area contributed by atoms with Crippen LogP contribution in [0.3, 0.4) is 0 Å². The number of benzene rings is 3. The third-order valence-electron chi connectivity index (χ3n) is 7.88. The van der Waals surface area contributed by atoms with Gasteiger partial charge in [-0.05, 0) is 93.3 Å². The molecule has 47 heavy (non-hydrogen) atoms. The number of rotatable bonds is 11. The van der Waals surface area contributed by atoms with Gasteiger partial charge >= 0.3 is 6.03 Å². The van der Waals surface area contributed by atoms with Crippen molar-refractivity contribution in [3.8, 4) is 5.75 Å². The number of primary amides is 1. The van der Waals surface area contributed by atoms with E-state index < -0.39 is 56.7 Å². The monoisotopic (exact) mass is 671 g/mol. The zero-order valence-corrected chi connectivity index (χ0v) is 27.7. The van der Waals surface area contributed by atoms with E-state index in [1.54, 1.807) is 40.9 Å². The molecule has 4 N–H and O–H groups in total. The van der Waals surface area contributed by atoms with E-state index in [0.717, 1.165) is 12.1 Å².